The predicted octanol–water partition coefficient (Wildman–Crippen LogP) is 10.9. The van der Waals surface area contributed by atoms with Gasteiger partial charge < -0.3 is 4.57 Å². The molecule has 0 fully saturated rings. The molecule has 0 unspecified atom stereocenters. The molecular formula is C40H25N. The third-order valence-corrected chi connectivity index (χ3v) is 8.75. The molecular weight excluding hydrogens is 494 g/mol. The Kier molecular flexibility index (Phi) is 4.67. The molecule has 1 heteroatoms. The third kappa shape index (κ3) is 3.24. The number of fused-ring (bicyclic) bond motifs is 6. The van der Waals surface area contributed by atoms with Gasteiger partial charge in [-0.15, -0.1) is 0 Å². The van der Waals surface area contributed by atoms with Crippen LogP contribution in [0.4, 0.5) is 0 Å². The minimum atomic E-state index is 1.18. The second kappa shape index (κ2) is 8.55. The Labute approximate surface area is 238 Å². The lowest BCUT2D eigenvalue weighted by atomic mass is 9.94. The highest BCUT2D eigenvalue weighted by molar-refractivity contribution is 6.19. The van der Waals surface area contributed by atoms with Crippen LogP contribution in [0.2, 0.25) is 0 Å². The van der Waals surface area contributed by atoms with Crippen molar-refractivity contribution in [3.8, 4) is 50.2 Å². The smallest absolute Gasteiger partial charge is 0.0541 e. The molecule has 0 saturated carbocycles. The number of hydrogen-bond donors (Lipinski definition) is 0. The lowest BCUT2D eigenvalue weighted by Crippen LogP contribution is -1.92. The summed E-state index contributed by atoms with van der Waals surface area (Å²) >= 11 is 0. The summed E-state index contributed by atoms with van der Waals surface area (Å²) in [5.41, 5.74) is 14.0. The van der Waals surface area contributed by atoms with Crippen molar-refractivity contribution in [2.45, 2.75) is 0 Å². The number of nitrogens with zero attached hydrogens (tertiary/aromatic N) is 1. The van der Waals surface area contributed by atoms with Gasteiger partial charge in [-0.25, -0.2) is 0 Å². The quantitative estimate of drug-likeness (QED) is 0.219. The van der Waals surface area contributed by atoms with E-state index in [4.69, 9.17) is 0 Å². The van der Waals surface area contributed by atoms with Gasteiger partial charge in [0, 0.05) is 16.5 Å². The maximum Gasteiger partial charge on any atom is 0.0541 e. The summed E-state index contributed by atoms with van der Waals surface area (Å²) in [5, 5.41) is 5.24. The molecule has 8 aromatic rings. The lowest BCUT2D eigenvalue weighted by Gasteiger charge is -2.09. The molecule has 1 aromatic heterocycles. The van der Waals surface area contributed by atoms with E-state index < -0.39 is 0 Å². The zero-order chi connectivity index (χ0) is 26.9. The summed E-state index contributed by atoms with van der Waals surface area (Å²) in [6.07, 6.45) is 0. The van der Waals surface area contributed by atoms with Crippen LogP contribution < -0.4 is 0 Å². The van der Waals surface area contributed by atoms with Crippen molar-refractivity contribution < 1.29 is 0 Å². The average Bonchev–Trinajstić information content (AvgIpc) is 3.55. The van der Waals surface area contributed by atoms with E-state index in [0.717, 1.165) is 0 Å². The van der Waals surface area contributed by atoms with Gasteiger partial charge in [-0.05, 0) is 91.7 Å². The number of benzene rings is 7. The molecule has 0 radical (unpaired) electrons. The predicted molar refractivity (Wildman–Crippen MR) is 174 cm³/mol. The van der Waals surface area contributed by atoms with Crippen LogP contribution in [0.1, 0.15) is 0 Å². The van der Waals surface area contributed by atoms with E-state index in [1.807, 2.05) is 0 Å². The molecule has 1 nitrogen and oxygen atoms in total. The first-order valence-corrected chi connectivity index (χ1v) is 14.2. The summed E-state index contributed by atoms with van der Waals surface area (Å²) in [6.45, 7) is 0. The molecule has 1 aliphatic rings. The zero-order valence-electron chi connectivity index (χ0n) is 22.4. The molecule has 1 heterocycles. The first-order chi connectivity index (χ1) is 20.3. The molecule has 41 heavy (non-hydrogen) atoms. The molecule has 9 rings (SSSR count). The zero-order valence-corrected chi connectivity index (χ0v) is 22.4. The van der Waals surface area contributed by atoms with Gasteiger partial charge in [-0.1, -0.05) is 115 Å². The standard InChI is InChI=1S/C40H25N/c1-3-10-26(11-4-1)30-21-22-35-31-20-18-27(24-36(31)34-16-9-15-33(30)40(34)35)28-19-23-39-37(25-28)32-14-7-8-17-38(32)41(39)29-12-5-2-6-13-29/h1-25H. The molecule has 0 amide bonds. The Morgan fingerprint density at radius 3 is 1.83 bits per heavy atom. The molecule has 190 valence electrons. The van der Waals surface area contributed by atoms with Crippen LogP contribution in [-0.4, -0.2) is 4.57 Å². The average molecular weight is 520 g/mol. The maximum atomic E-state index is 2.39. The van der Waals surface area contributed by atoms with E-state index in [9.17, 15) is 0 Å². The fourth-order valence-corrected chi connectivity index (χ4v) is 6.91. The van der Waals surface area contributed by atoms with Crippen molar-refractivity contribution in [3.05, 3.63) is 152 Å². The highest BCUT2D eigenvalue weighted by Gasteiger charge is 2.23. The highest BCUT2D eigenvalue weighted by atomic mass is 15.0. The van der Waals surface area contributed by atoms with Crippen LogP contribution >= 0.6 is 0 Å². The number of para-hydroxylation sites is 2. The first kappa shape index (κ1) is 22.4. The van der Waals surface area contributed by atoms with Crippen molar-refractivity contribution in [2.24, 2.45) is 0 Å². The Balaban J connectivity index is 1.22. The minimum absolute atomic E-state index is 1.18. The van der Waals surface area contributed by atoms with Gasteiger partial charge in [-0.2, -0.15) is 0 Å². The third-order valence-electron chi connectivity index (χ3n) is 8.75. The van der Waals surface area contributed by atoms with E-state index in [2.05, 4.69) is 156 Å². The van der Waals surface area contributed by atoms with E-state index in [1.165, 1.54) is 82.8 Å². The van der Waals surface area contributed by atoms with Crippen molar-refractivity contribution in [1.82, 2.24) is 4.57 Å². The molecule has 7 aromatic carbocycles. The van der Waals surface area contributed by atoms with Crippen LogP contribution in [-0.2, 0) is 0 Å². The first-order valence-electron chi connectivity index (χ1n) is 14.2. The van der Waals surface area contributed by atoms with Gasteiger partial charge in [0.2, 0.25) is 0 Å². The van der Waals surface area contributed by atoms with Crippen LogP contribution in [0, 0.1) is 0 Å². The van der Waals surface area contributed by atoms with Crippen molar-refractivity contribution >= 4 is 32.6 Å². The molecule has 0 N–H and O–H groups in total. The number of aromatic nitrogens is 1. The number of hydrogen-bond acceptors (Lipinski definition) is 0. The number of rotatable bonds is 3. The van der Waals surface area contributed by atoms with Crippen molar-refractivity contribution in [1.29, 1.82) is 0 Å². The van der Waals surface area contributed by atoms with Crippen LogP contribution in [0.3, 0.4) is 0 Å². The van der Waals surface area contributed by atoms with E-state index in [1.54, 1.807) is 0 Å². The second-order valence-corrected chi connectivity index (χ2v) is 10.9. The van der Waals surface area contributed by atoms with Crippen molar-refractivity contribution in [3.63, 3.8) is 0 Å². The van der Waals surface area contributed by atoms with Gasteiger partial charge in [0.1, 0.15) is 0 Å². The largest absolute Gasteiger partial charge is 0.309 e. The van der Waals surface area contributed by atoms with Crippen LogP contribution in [0.25, 0.3) is 82.8 Å². The Hall–Kier alpha value is -5.40. The molecule has 0 bridgehead atoms. The fourth-order valence-electron chi connectivity index (χ4n) is 6.91. The van der Waals surface area contributed by atoms with Crippen molar-refractivity contribution in [2.75, 3.05) is 0 Å². The SMILES string of the molecule is c1ccc(-c2ccc3c4c(cccc24)-c2cc(-c4ccc5c(c4)c4ccccc4n5-c4ccccc4)ccc2-3)cc1. The fraction of sp³-hybridized carbons (Fsp3) is 0. The summed E-state index contributed by atoms with van der Waals surface area (Å²) in [7, 11) is 0. The van der Waals surface area contributed by atoms with Gasteiger partial charge in [0.15, 0.2) is 0 Å². The summed E-state index contributed by atoms with van der Waals surface area (Å²) in [6, 6.07) is 55.4. The highest BCUT2D eigenvalue weighted by Crippen LogP contribution is 2.50. The Bertz CT molecular complexity index is 2290. The molecule has 0 atom stereocenters. The normalized spacial score (nSPS) is 11.9. The minimum Gasteiger partial charge on any atom is -0.309 e. The van der Waals surface area contributed by atoms with Gasteiger partial charge in [0.05, 0.1) is 11.0 Å². The molecule has 0 saturated heterocycles. The van der Waals surface area contributed by atoms with Gasteiger partial charge in [-0.3, -0.25) is 0 Å². The van der Waals surface area contributed by atoms with E-state index in [0.29, 0.717) is 0 Å². The molecule has 1 aliphatic carbocycles. The molecule has 0 spiro atoms. The summed E-state index contributed by atoms with van der Waals surface area (Å²) in [5.74, 6) is 0. The lowest BCUT2D eigenvalue weighted by molar-refractivity contribution is 1.18. The van der Waals surface area contributed by atoms with E-state index in [-0.39, 0.29) is 0 Å². The topological polar surface area (TPSA) is 4.93 Å². The maximum absolute atomic E-state index is 2.39. The Morgan fingerprint density at radius 2 is 0.951 bits per heavy atom. The summed E-state index contributed by atoms with van der Waals surface area (Å²) < 4.78 is 2.37. The van der Waals surface area contributed by atoms with Gasteiger partial charge >= 0.3 is 0 Å². The van der Waals surface area contributed by atoms with Gasteiger partial charge in [0.25, 0.3) is 0 Å². The summed E-state index contributed by atoms with van der Waals surface area (Å²) in [4.78, 5) is 0. The van der Waals surface area contributed by atoms with Crippen LogP contribution in [0.5, 0.6) is 0 Å². The van der Waals surface area contributed by atoms with Crippen LogP contribution in [0.15, 0.2) is 152 Å². The second-order valence-electron chi connectivity index (χ2n) is 10.9. The Morgan fingerprint density at radius 1 is 0.317 bits per heavy atom. The van der Waals surface area contributed by atoms with E-state index >= 15 is 0 Å². The monoisotopic (exact) mass is 519 g/mol. The molecule has 0 aliphatic heterocycles.